The molecule has 1 aromatic rings. The zero-order valence-corrected chi connectivity index (χ0v) is 8.69. The van der Waals surface area contributed by atoms with Crippen LogP contribution in [0.1, 0.15) is 0 Å². The van der Waals surface area contributed by atoms with Gasteiger partial charge in [-0.05, 0) is 18.2 Å². The number of aliphatic imine (C=N–C) groups is 1. The van der Waals surface area contributed by atoms with E-state index in [1.807, 2.05) is 0 Å². The van der Waals surface area contributed by atoms with Gasteiger partial charge in [-0.2, -0.15) is 0 Å². The first kappa shape index (κ1) is 12.8. The van der Waals surface area contributed by atoms with Crippen molar-refractivity contribution in [1.82, 2.24) is 0 Å². The Labute approximate surface area is 96.4 Å². The Morgan fingerprint density at radius 1 is 1.29 bits per heavy atom. The summed E-state index contributed by atoms with van der Waals surface area (Å²) in [4.78, 5) is 14.5. The molecular weight excluding hydrogens is 228 g/mol. The Kier molecular flexibility index (Phi) is 4.28. The summed E-state index contributed by atoms with van der Waals surface area (Å²) in [6.07, 6.45) is 1.72. The number of carbonyl (C=O) groups is 1. The fourth-order valence-electron chi connectivity index (χ4n) is 0.926. The summed E-state index contributed by atoms with van der Waals surface area (Å²) in [6, 6.07) is 5.45. The zero-order valence-electron chi connectivity index (χ0n) is 8.69. The van der Waals surface area contributed by atoms with Crippen LogP contribution in [-0.2, 0) is 4.79 Å². The highest BCUT2D eigenvalue weighted by atomic mass is 19.1. The average molecular weight is 236 g/mol. The fourth-order valence-corrected chi connectivity index (χ4v) is 0.926. The third-order valence-corrected chi connectivity index (χ3v) is 1.74. The van der Waals surface area contributed by atoms with E-state index >= 15 is 0 Å². The van der Waals surface area contributed by atoms with Gasteiger partial charge in [0, 0.05) is 6.21 Å². The Morgan fingerprint density at radius 2 is 1.88 bits per heavy atom. The molecule has 88 valence electrons. The lowest BCUT2D eigenvalue weighted by Gasteiger charge is -2.02. The number of hydrogen-bond donors (Lipinski definition) is 0. The molecule has 0 amide bonds. The highest BCUT2D eigenvalue weighted by Gasteiger charge is 2.11. The maximum absolute atomic E-state index is 12.9. The van der Waals surface area contributed by atoms with Gasteiger partial charge >= 0.3 is 0 Å². The number of Topliss-reactive ketones (excluding diaryl/α,β-unsaturated/α-hetero) is 1. The molecule has 0 aromatic heterocycles. The van der Waals surface area contributed by atoms with Gasteiger partial charge in [0.25, 0.3) is 0 Å². The molecule has 0 N–H and O–H groups in total. The van der Waals surface area contributed by atoms with Crippen LogP contribution in [0.5, 0.6) is 5.75 Å². The Morgan fingerprint density at radius 3 is 2.41 bits per heavy atom. The van der Waals surface area contributed by atoms with E-state index in [9.17, 15) is 18.7 Å². The van der Waals surface area contributed by atoms with Crippen LogP contribution in [0.3, 0.4) is 0 Å². The summed E-state index contributed by atoms with van der Waals surface area (Å²) < 4.78 is 25.1. The van der Waals surface area contributed by atoms with Crippen molar-refractivity contribution in [3.8, 4) is 5.75 Å². The quantitative estimate of drug-likeness (QED) is 0.595. The van der Waals surface area contributed by atoms with Crippen LogP contribution in [0, 0.1) is 0 Å². The molecule has 0 heterocycles. The molecule has 0 aliphatic carbocycles. The molecular formula is C12H8F2NO2-. The molecule has 1 rings (SSSR count). The summed E-state index contributed by atoms with van der Waals surface area (Å²) in [6.45, 7) is 2.68. The Hall–Kier alpha value is -2.30. The van der Waals surface area contributed by atoms with E-state index in [1.165, 1.54) is 24.3 Å². The van der Waals surface area contributed by atoms with Crippen molar-refractivity contribution in [2.45, 2.75) is 0 Å². The predicted octanol–water partition coefficient (Wildman–Crippen LogP) is 2.37. The maximum atomic E-state index is 12.9. The van der Waals surface area contributed by atoms with Crippen molar-refractivity contribution >= 4 is 17.7 Å². The second kappa shape index (κ2) is 5.69. The fraction of sp³-hybridized carbons (Fsp3) is 0. The van der Waals surface area contributed by atoms with E-state index in [-0.39, 0.29) is 5.75 Å². The first-order valence-electron chi connectivity index (χ1n) is 4.56. The van der Waals surface area contributed by atoms with Gasteiger partial charge in [-0.15, -0.1) is 5.75 Å². The largest absolute Gasteiger partial charge is 0.872 e. The molecule has 17 heavy (non-hydrogen) atoms. The minimum atomic E-state index is -1.41. The maximum Gasteiger partial charge on any atom is 0.249 e. The lowest BCUT2D eigenvalue weighted by molar-refractivity contribution is -0.268. The minimum Gasteiger partial charge on any atom is -0.872 e. The monoisotopic (exact) mass is 236 g/mol. The van der Waals surface area contributed by atoms with Crippen molar-refractivity contribution in [3.63, 3.8) is 0 Å². The van der Waals surface area contributed by atoms with Crippen LogP contribution >= 0.6 is 0 Å². The van der Waals surface area contributed by atoms with Crippen molar-refractivity contribution in [2.75, 3.05) is 0 Å². The average Bonchev–Trinajstić information content (AvgIpc) is 2.30. The third kappa shape index (κ3) is 3.98. The zero-order chi connectivity index (χ0) is 12.8. The molecule has 0 atom stereocenters. The Bertz CT molecular complexity index is 490. The van der Waals surface area contributed by atoms with Gasteiger partial charge in [-0.25, -0.2) is 8.78 Å². The summed E-state index contributed by atoms with van der Waals surface area (Å²) in [7, 11) is 0. The van der Waals surface area contributed by atoms with Crippen LogP contribution in [0.4, 0.5) is 14.5 Å². The number of carbonyl (C=O) groups excluding carboxylic acids is 1. The standard InChI is InChI=1S/C12H9F2NO2/c1-8(13)12(17)11(14)6-7-15-9-2-4-10(16)5-3-9/h2-7,16H,1H2/p-1/b11-6-,15-7?. The van der Waals surface area contributed by atoms with Gasteiger partial charge in [0.05, 0.1) is 5.69 Å². The molecule has 1 aromatic carbocycles. The van der Waals surface area contributed by atoms with Gasteiger partial charge in [0.1, 0.15) is 0 Å². The third-order valence-electron chi connectivity index (χ3n) is 1.74. The van der Waals surface area contributed by atoms with E-state index in [4.69, 9.17) is 0 Å². The lowest BCUT2D eigenvalue weighted by Crippen LogP contribution is -1.97. The van der Waals surface area contributed by atoms with Crippen LogP contribution in [0.15, 0.2) is 53.6 Å². The molecule has 3 nitrogen and oxygen atoms in total. The summed E-state index contributed by atoms with van der Waals surface area (Å²) in [5, 5.41) is 10.7. The second-order valence-electron chi connectivity index (χ2n) is 3.02. The smallest absolute Gasteiger partial charge is 0.249 e. The molecule has 0 spiro atoms. The second-order valence-corrected chi connectivity index (χ2v) is 3.02. The Balaban J connectivity index is 2.72. The van der Waals surface area contributed by atoms with Gasteiger partial charge in [-0.1, -0.05) is 18.7 Å². The van der Waals surface area contributed by atoms with Gasteiger partial charge in [0.15, 0.2) is 11.7 Å². The number of hydrogen-bond acceptors (Lipinski definition) is 3. The van der Waals surface area contributed by atoms with E-state index in [2.05, 4.69) is 11.6 Å². The molecule has 0 saturated carbocycles. The number of nitrogens with zero attached hydrogens (tertiary/aromatic N) is 1. The minimum absolute atomic E-state index is 0.172. The molecule has 0 bridgehead atoms. The first-order chi connectivity index (χ1) is 8.00. The normalized spacial score (nSPS) is 11.8. The molecule has 0 fully saturated rings. The highest BCUT2D eigenvalue weighted by Crippen LogP contribution is 2.14. The van der Waals surface area contributed by atoms with Crippen LogP contribution in [0.2, 0.25) is 0 Å². The molecule has 0 radical (unpaired) electrons. The topological polar surface area (TPSA) is 52.5 Å². The van der Waals surface area contributed by atoms with Crippen molar-refractivity contribution in [3.05, 3.63) is 48.6 Å². The van der Waals surface area contributed by atoms with Gasteiger partial charge in [-0.3, -0.25) is 9.79 Å². The van der Waals surface area contributed by atoms with Crippen molar-refractivity contribution in [1.29, 1.82) is 0 Å². The summed E-state index contributed by atoms with van der Waals surface area (Å²) >= 11 is 0. The van der Waals surface area contributed by atoms with Crippen LogP contribution < -0.4 is 5.11 Å². The van der Waals surface area contributed by atoms with Gasteiger partial charge in [0.2, 0.25) is 5.78 Å². The SMILES string of the molecule is C=C(F)C(=O)/C(F)=C/C=Nc1ccc([O-])cc1. The lowest BCUT2D eigenvalue weighted by atomic mass is 10.3. The van der Waals surface area contributed by atoms with E-state index in [0.29, 0.717) is 5.69 Å². The predicted molar refractivity (Wildman–Crippen MR) is 58.5 cm³/mol. The molecule has 5 heteroatoms. The van der Waals surface area contributed by atoms with E-state index in [1.54, 1.807) is 0 Å². The summed E-state index contributed by atoms with van der Waals surface area (Å²) in [5.41, 5.74) is 0.417. The van der Waals surface area contributed by atoms with Crippen molar-refractivity contribution in [2.24, 2.45) is 4.99 Å². The molecule has 0 unspecified atom stereocenters. The number of rotatable bonds is 4. The number of allylic oxidation sites excluding steroid dienone is 3. The van der Waals surface area contributed by atoms with E-state index < -0.39 is 17.4 Å². The first-order valence-corrected chi connectivity index (χ1v) is 4.56. The number of benzene rings is 1. The highest BCUT2D eigenvalue weighted by molar-refractivity contribution is 6.06. The number of halogens is 2. The molecule has 0 aliphatic heterocycles. The molecule has 0 aliphatic rings. The van der Waals surface area contributed by atoms with Crippen LogP contribution in [0.25, 0.3) is 0 Å². The van der Waals surface area contributed by atoms with Gasteiger partial charge < -0.3 is 5.11 Å². The van der Waals surface area contributed by atoms with Crippen LogP contribution in [-0.4, -0.2) is 12.0 Å². The number of ketones is 1. The molecule has 0 saturated heterocycles. The van der Waals surface area contributed by atoms with Crippen molar-refractivity contribution < 1.29 is 18.7 Å². The summed E-state index contributed by atoms with van der Waals surface area (Å²) in [5.74, 6) is -4.24. The van der Waals surface area contributed by atoms with E-state index in [0.717, 1.165) is 12.3 Å².